The fourth-order valence-corrected chi connectivity index (χ4v) is 1.91. The average Bonchev–Trinajstić information content (AvgIpc) is 2.35. The number of hydrogen-bond donors (Lipinski definition) is 0. The second-order valence-corrected chi connectivity index (χ2v) is 4.57. The van der Waals surface area contributed by atoms with E-state index in [1.54, 1.807) is 0 Å². The second kappa shape index (κ2) is 8.21. The molecular formula is C15H22F2. The predicted molar refractivity (Wildman–Crippen MR) is 68.7 cm³/mol. The van der Waals surface area contributed by atoms with Crippen molar-refractivity contribution in [3.63, 3.8) is 0 Å². The third-order valence-electron chi connectivity index (χ3n) is 3.00. The lowest BCUT2D eigenvalue weighted by atomic mass is 10.0. The van der Waals surface area contributed by atoms with E-state index in [9.17, 15) is 8.78 Å². The lowest BCUT2D eigenvalue weighted by molar-refractivity contribution is 0.154. The van der Waals surface area contributed by atoms with Crippen LogP contribution in [0.3, 0.4) is 0 Å². The highest BCUT2D eigenvalue weighted by Gasteiger charge is 2.19. The van der Waals surface area contributed by atoms with Gasteiger partial charge in [-0.1, -0.05) is 62.9 Å². The van der Waals surface area contributed by atoms with E-state index in [2.05, 4.69) is 6.92 Å². The van der Waals surface area contributed by atoms with Gasteiger partial charge in [-0.05, 0) is 12.0 Å². The Morgan fingerprint density at radius 3 is 2.29 bits per heavy atom. The van der Waals surface area contributed by atoms with Gasteiger partial charge in [0.2, 0.25) is 0 Å². The van der Waals surface area contributed by atoms with Crippen LogP contribution in [0.4, 0.5) is 8.78 Å². The zero-order valence-corrected chi connectivity index (χ0v) is 10.5. The van der Waals surface area contributed by atoms with Crippen LogP contribution in [0.5, 0.6) is 0 Å². The van der Waals surface area contributed by atoms with E-state index in [0.717, 1.165) is 31.2 Å². The summed E-state index contributed by atoms with van der Waals surface area (Å²) in [5.74, 6) is 0. The molecule has 0 bridgehead atoms. The highest BCUT2D eigenvalue weighted by molar-refractivity contribution is 5.15. The molecule has 0 aliphatic carbocycles. The van der Waals surface area contributed by atoms with Crippen molar-refractivity contribution in [3.05, 3.63) is 35.9 Å². The number of unbranched alkanes of at least 4 members (excludes halogenated alkanes) is 3. The minimum absolute atomic E-state index is 0.190. The highest BCUT2D eigenvalue weighted by Crippen LogP contribution is 2.17. The van der Waals surface area contributed by atoms with Gasteiger partial charge in [0, 0.05) is 6.42 Å². The number of rotatable bonds is 8. The lowest BCUT2D eigenvalue weighted by Gasteiger charge is -2.13. The molecule has 0 amide bonds. The maximum absolute atomic E-state index is 13.6. The molecular weight excluding hydrogens is 218 g/mol. The molecule has 1 aromatic rings. The summed E-state index contributed by atoms with van der Waals surface area (Å²) in [4.78, 5) is 0. The summed E-state index contributed by atoms with van der Waals surface area (Å²) in [7, 11) is 0. The summed E-state index contributed by atoms with van der Waals surface area (Å²) in [6.07, 6.45) is 1.91. The first-order valence-electron chi connectivity index (χ1n) is 6.56. The Balaban J connectivity index is 2.24. The highest BCUT2D eigenvalue weighted by atomic mass is 19.2. The third-order valence-corrected chi connectivity index (χ3v) is 3.00. The van der Waals surface area contributed by atoms with Gasteiger partial charge in [0.1, 0.15) is 12.3 Å². The van der Waals surface area contributed by atoms with Gasteiger partial charge < -0.3 is 0 Å². The van der Waals surface area contributed by atoms with Crippen LogP contribution < -0.4 is 0 Å². The standard InChI is InChI=1S/C15H22F2/c1-2-3-4-8-11-14(16)15(17)12-13-9-6-5-7-10-13/h5-7,9-10,14-15H,2-4,8,11-12H2,1H3. The van der Waals surface area contributed by atoms with Crippen LogP contribution in [-0.4, -0.2) is 12.3 Å². The zero-order valence-electron chi connectivity index (χ0n) is 10.5. The maximum atomic E-state index is 13.6. The van der Waals surface area contributed by atoms with E-state index < -0.39 is 12.3 Å². The molecule has 0 aromatic heterocycles. The maximum Gasteiger partial charge on any atom is 0.135 e. The Morgan fingerprint density at radius 2 is 1.65 bits per heavy atom. The van der Waals surface area contributed by atoms with Gasteiger partial charge in [-0.3, -0.25) is 0 Å². The SMILES string of the molecule is CCCCCCC(F)C(F)Cc1ccccc1. The van der Waals surface area contributed by atoms with Gasteiger partial charge in [-0.15, -0.1) is 0 Å². The van der Waals surface area contributed by atoms with Gasteiger partial charge in [-0.2, -0.15) is 0 Å². The molecule has 0 heterocycles. The molecule has 0 N–H and O–H groups in total. The van der Waals surface area contributed by atoms with Gasteiger partial charge in [0.15, 0.2) is 0 Å². The Labute approximate surface area is 103 Å². The van der Waals surface area contributed by atoms with E-state index in [1.165, 1.54) is 0 Å². The van der Waals surface area contributed by atoms with Crippen molar-refractivity contribution >= 4 is 0 Å². The van der Waals surface area contributed by atoms with Crippen LogP contribution in [0.1, 0.15) is 44.6 Å². The van der Waals surface area contributed by atoms with E-state index in [0.29, 0.717) is 6.42 Å². The summed E-state index contributed by atoms with van der Waals surface area (Å²) in [6, 6.07) is 9.29. The van der Waals surface area contributed by atoms with E-state index in [4.69, 9.17) is 0 Å². The Bertz CT molecular complexity index is 284. The smallest absolute Gasteiger partial charge is 0.135 e. The summed E-state index contributed by atoms with van der Waals surface area (Å²) in [6.45, 7) is 2.11. The number of benzene rings is 1. The molecule has 2 heteroatoms. The fourth-order valence-electron chi connectivity index (χ4n) is 1.91. The summed E-state index contributed by atoms with van der Waals surface area (Å²) >= 11 is 0. The predicted octanol–water partition coefficient (Wildman–Crippen LogP) is 4.88. The number of hydrogen-bond acceptors (Lipinski definition) is 0. The molecule has 0 aliphatic rings. The summed E-state index contributed by atoms with van der Waals surface area (Å²) < 4.78 is 27.2. The first kappa shape index (κ1) is 14.1. The van der Waals surface area contributed by atoms with Gasteiger partial charge in [0.05, 0.1) is 0 Å². The van der Waals surface area contributed by atoms with E-state index in [-0.39, 0.29) is 6.42 Å². The molecule has 96 valence electrons. The molecule has 0 fully saturated rings. The molecule has 0 aliphatic heterocycles. The number of halogens is 2. The van der Waals surface area contributed by atoms with Crippen molar-refractivity contribution in [1.82, 2.24) is 0 Å². The Hall–Kier alpha value is -0.920. The lowest BCUT2D eigenvalue weighted by Crippen LogP contribution is -2.19. The van der Waals surface area contributed by atoms with Gasteiger partial charge in [-0.25, -0.2) is 8.78 Å². The van der Waals surface area contributed by atoms with Crippen LogP contribution in [0.15, 0.2) is 30.3 Å². The normalized spacial score (nSPS) is 14.5. The van der Waals surface area contributed by atoms with E-state index >= 15 is 0 Å². The summed E-state index contributed by atoms with van der Waals surface area (Å²) in [5.41, 5.74) is 0.871. The van der Waals surface area contributed by atoms with Crippen LogP contribution >= 0.6 is 0 Å². The first-order chi connectivity index (χ1) is 8.24. The van der Waals surface area contributed by atoms with Crippen LogP contribution in [0.2, 0.25) is 0 Å². The first-order valence-corrected chi connectivity index (χ1v) is 6.56. The Morgan fingerprint density at radius 1 is 0.941 bits per heavy atom. The minimum Gasteiger partial charge on any atom is -0.244 e. The zero-order chi connectivity index (χ0) is 12.5. The summed E-state index contributed by atoms with van der Waals surface area (Å²) in [5, 5.41) is 0. The molecule has 2 unspecified atom stereocenters. The second-order valence-electron chi connectivity index (χ2n) is 4.57. The van der Waals surface area contributed by atoms with E-state index in [1.807, 2.05) is 30.3 Å². The molecule has 0 saturated heterocycles. The van der Waals surface area contributed by atoms with Crippen molar-refractivity contribution in [3.8, 4) is 0 Å². The molecule has 2 atom stereocenters. The van der Waals surface area contributed by atoms with Crippen molar-refractivity contribution in [2.45, 2.75) is 57.8 Å². The average molecular weight is 240 g/mol. The van der Waals surface area contributed by atoms with Crippen molar-refractivity contribution < 1.29 is 8.78 Å². The largest absolute Gasteiger partial charge is 0.244 e. The molecule has 0 spiro atoms. The molecule has 1 rings (SSSR count). The van der Waals surface area contributed by atoms with Crippen LogP contribution in [0, 0.1) is 0 Å². The fraction of sp³-hybridized carbons (Fsp3) is 0.600. The number of alkyl halides is 2. The molecule has 17 heavy (non-hydrogen) atoms. The Kier molecular flexibility index (Phi) is 6.83. The molecule has 0 nitrogen and oxygen atoms in total. The van der Waals surface area contributed by atoms with Crippen LogP contribution in [-0.2, 0) is 6.42 Å². The van der Waals surface area contributed by atoms with Crippen LogP contribution in [0.25, 0.3) is 0 Å². The quantitative estimate of drug-likeness (QED) is 0.568. The van der Waals surface area contributed by atoms with Crippen molar-refractivity contribution in [2.24, 2.45) is 0 Å². The van der Waals surface area contributed by atoms with Gasteiger partial charge >= 0.3 is 0 Å². The molecule has 1 aromatic carbocycles. The topological polar surface area (TPSA) is 0 Å². The third kappa shape index (κ3) is 5.81. The molecule has 0 saturated carbocycles. The van der Waals surface area contributed by atoms with Gasteiger partial charge in [0.25, 0.3) is 0 Å². The molecule has 0 radical (unpaired) electrons. The minimum atomic E-state index is -1.36. The monoisotopic (exact) mass is 240 g/mol. The van der Waals surface area contributed by atoms with Crippen molar-refractivity contribution in [2.75, 3.05) is 0 Å². The van der Waals surface area contributed by atoms with Crippen molar-refractivity contribution in [1.29, 1.82) is 0 Å².